The lowest BCUT2D eigenvalue weighted by molar-refractivity contribution is -0.385. The molecule has 88 valence electrons. The van der Waals surface area contributed by atoms with Gasteiger partial charge in [0.2, 0.25) is 0 Å². The molecule has 0 unspecified atom stereocenters. The summed E-state index contributed by atoms with van der Waals surface area (Å²) in [4.78, 5) is 20.9. The van der Waals surface area contributed by atoms with Crippen LogP contribution in [-0.2, 0) is 11.3 Å². The van der Waals surface area contributed by atoms with Crippen LogP contribution in [0.1, 0.15) is 19.5 Å². The second-order valence-electron chi connectivity index (χ2n) is 4.22. The summed E-state index contributed by atoms with van der Waals surface area (Å²) in [7, 11) is 0. The molecule has 0 saturated heterocycles. The number of aliphatic carboxylic acids is 1. The number of carboxylic acids is 1. The molecule has 0 aromatic carbocycles. The minimum absolute atomic E-state index is 0.0961. The predicted octanol–water partition coefficient (Wildman–Crippen LogP) is 1.21. The summed E-state index contributed by atoms with van der Waals surface area (Å²) in [5, 5.41) is 23.3. The van der Waals surface area contributed by atoms with Gasteiger partial charge < -0.3 is 5.11 Å². The lowest BCUT2D eigenvalue weighted by Gasteiger charge is -2.19. The first-order chi connectivity index (χ1) is 7.25. The standard InChI is InChI=1S/C9H13N3O4/c1-6-7(12(15)16)4-10-11(6)5-9(2,3)8(13)14/h4H,5H2,1-3H3,(H,13,14). The molecule has 0 radical (unpaired) electrons. The molecule has 1 heterocycles. The number of aromatic nitrogens is 2. The first-order valence-electron chi connectivity index (χ1n) is 4.66. The van der Waals surface area contributed by atoms with Crippen LogP contribution in [0.2, 0.25) is 0 Å². The van der Waals surface area contributed by atoms with E-state index in [-0.39, 0.29) is 12.2 Å². The van der Waals surface area contributed by atoms with Crippen molar-refractivity contribution in [2.24, 2.45) is 5.41 Å². The number of nitrogens with zero attached hydrogens (tertiary/aromatic N) is 3. The van der Waals surface area contributed by atoms with E-state index in [1.807, 2.05) is 0 Å². The maximum absolute atomic E-state index is 10.9. The Morgan fingerprint density at radius 2 is 2.25 bits per heavy atom. The first-order valence-corrected chi connectivity index (χ1v) is 4.66. The molecular weight excluding hydrogens is 214 g/mol. The summed E-state index contributed by atoms with van der Waals surface area (Å²) in [6.45, 7) is 4.73. The Morgan fingerprint density at radius 1 is 1.69 bits per heavy atom. The highest BCUT2D eigenvalue weighted by Gasteiger charge is 2.30. The molecule has 7 heteroatoms. The molecule has 1 aromatic rings. The van der Waals surface area contributed by atoms with Crippen molar-refractivity contribution >= 4 is 11.7 Å². The van der Waals surface area contributed by atoms with Gasteiger partial charge in [0.1, 0.15) is 11.9 Å². The summed E-state index contributed by atoms with van der Waals surface area (Å²) in [5.41, 5.74) is -0.745. The van der Waals surface area contributed by atoms with Crippen molar-refractivity contribution in [1.29, 1.82) is 0 Å². The van der Waals surface area contributed by atoms with Gasteiger partial charge in [0.25, 0.3) is 0 Å². The quantitative estimate of drug-likeness (QED) is 0.615. The largest absolute Gasteiger partial charge is 0.481 e. The first kappa shape index (κ1) is 12.2. The van der Waals surface area contributed by atoms with E-state index in [2.05, 4.69) is 5.10 Å². The van der Waals surface area contributed by atoms with E-state index in [9.17, 15) is 14.9 Å². The molecule has 0 atom stereocenters. The maximum Gasteiger partial charge on any atom is 0.310 e. The van der Waals surface area contributed by atoms with E-state index >= 15 is 0 Å². The SMILES string of the molecule is Cc1c([N+](=O)[O-])cnn1CC(C)(C)C(=O)O. The Labute approximate surface area is 91.8 Å². The average Bonchev–Trinajstić information content (AvgIpc) is 2.47. The Morgan fingerprint density at radius 3 is 2.62 bits per heavy atom. The fourth-order valence-corrected chi connectivity index (χ4v) is 1.22. The minimum atomic E-state index is -1.01. The molecule has 0 amide bonds. The summed E-state index contributed by atoms with van der Waals surface area (Å²) in [6, 6.07) is 0. The molecule has 0 fully saturated rings. The fourth-order valence-electron chi connectivity index (χ4n) is 1.22. The highest BCUT2D eigenvalue weighted by molar-refractivity contribution is 5.73. The van der Waals surface area contributed by atoms with Gasteiger partial charge in [-0.25, -0.2) is 0 Å². The van der Waals surface area contributed by atoms with Crippen LogP contribution >= 0.6 is 0 Å². The molecule has 0 aliphatic rings. The van der Waals surface area contributed by atoms with Gasteiger partial charge in [0.05, 0.1) is 16.9 Å². The molecule has 7 nitrogen and oxygen atoms in total. The topological polar surface area (TPSA) is 98.3 Å². The van der Waals surface area contributed by atoms with Gasteiger partial charge in [-0.1, -0.05) is 0 Å². The number of nitro groups is 1. The number of carbonyl (C=O) groups is 1. The molecule has 0 aliphatic carbocycles. The maximum atomic E-state index is 10.9. The van der Waals surface area contributed by atoms with Crippen LogP contribution < -0.4 is 0 Å². The third-order valence-corrected chi connectivity index (χ3v) is 2.40. The third kappa shape index (κ3) is 2.18. The van der Waals surface area contributed by atoms with Crippen LogP contribution in [0, 0.1) is 22.5 Å². The zero-order valence-electron chi connectivity index (χ0n) is 9.30. The number of hydrogen-bond donors (Lipinski definition) is 1. The number of carboxylic acid groups (broad SMARTS) is 1. The zero-order chi connectivity index (χ0) is 12.5. The van der Waals surface area contributed by atoms with Gasteiger partial charge in [-0.15, -0.1) is 0 Å². The second kappa shape index (κ2) is 3.92. The van der Waals surface area contributed by atoms with Gasteiger partial charge in [0.15, 0.2) is 0 Å². The number of rotatable bonds is 4. The van der Waals surface area contributed by atoms with E-state index < -0.39 is 16.3 Å². The molecule has 0 spiro atoms. The smallest absolute Gasteiger partial charge is 0.310 e. The predicted molar refractivity (Wildman–Crippen MR) is 55.0 cm³/mol. The normalized spacial score (nSPS) is 11.4. The summed E-state index contributed by atoms with van der Waals surface area (Å²) < 4.78 is 1.34. The van der Waals surface area contributed by atoms with Crippen LogP contribution in [0.5, 0.6) is 0 Å². The van der Waals surface area contributed by atoms with Crippen molar-refractivity contribution in [2.75, 3.05) is 0 Å². The monoisotopic (exact) mass is 227 g/mol. The Balaban J connectivity index is 3.00. The average molecular weight is 227 g/mol. The van der Waals surface area contributed by atoms with Gasteiger partial charge in [-0.05, 0) is 20.8 Å². The van der Waals surface area contributed by atoms with Gasteiger partial charge >= 0.3 is 11.7 Å². The van der Waals surface area contributed by atoms with Crippen LogP contribution in [0.15, 0.2) is 6.20 Å². The molecule has 1 aromatic heterocycles. The van der Waals surface area contributed by atoms with Crippen molar-refractivity contribution in [3.63, 3.8) is 0 Å². The van der Waals surface area contributed by atoms with Crippen molar-refractivity contribution in [1.82, 2.24) is 9.78 Å². The van der Waals surface area contributed by atoms with Crippen molar-refractivity contribution in [3.8, 4) is 0 Å². The Bertz CT molecular complexity index is 436. The molecule has 16 heavy (non-hydrogen) atoms. The van der Waals surface area contributed by atoms with Crippen LogP contribution in [-0.4, -0.2) is 25.8 Å². The highest BCUT2D eigenvalue weighted by atomic mass is 16.6. The second-order valence-corrected chi connectivity index (χ2v) is 4.22. The van der Waals surface area contributed by atoms with Crippen molar-refractivity contribution in [2.45, 2.75) is 27.3 Å². The summed E-state index contributed by atoms with van der Waals surface area (Å²) in [6.07, 6.45) is 1.13. The summed E-state index contributed by atoms with van der Waals surface area (Å²) >= 11 is 0. The van der Waals surface area contributed by atoms with E-state index in [0.29, 0.717) is 5.69 Å². The highest BCUT2D eigenvalue weighted by Crippen LogP contribution is 2.22. The number of hydrogen-bond acceptors (Lipinski definition) is 4. The molecule has 1 N–H and O–H groups in total. The molecule has 0 bridgehead atoms. The zero-order valence-corrected chi connectivity index (χ0v) is 9.30. The van der Waals surface area contributed by atoms with E-state index in [1.165, 1.54) is 4.68 Å². The minimum Gasteiger partial charge on any atom is -0.481 e. The van der Waals surface area contributed by atoms with Crippen LogP contribution in [0.4, 0.5) is 5.69 Å². The lowest BCUT2D eigenvalue weighted by Crippen LogP contribution is -2.30. The Kier molecular flexibility index (Phi) is 2.97. The summed E-state index contributed by atoms with van der Waals surface area (Å²) in [5.74, 6) is -0.968. The molecule has 0 aliphatic heterocycles. The van der Waals surface area contributed by atoms with Crippen molar-refractivity contribution in [3.05, 3.63) is 22.0 Å². The molecule has 1 rings (SSSR count). The fraction of sp³-hybridized carbons (Fsp3) is 0.556. The van der Waals surface area contributed by atoms with Gasteiger partial charge in [-0.3, -0.25) is 19.6 Å². The van der Waals surface area contributed by atoms with E-state index in [1.54, 1.807) is 20.8 Å². The van der Waals surface area contributed by atoms with Gasteiger partial charge in [0, 0.05) is 0 Å². The van der Waals surface area contributed by atoms with E-state index in [0.717, 1.165) is 6.20 Å². The van der Waals surface area contributed by atoms with Crippen molar-refractivity contribution < 1.29 is 14.8 Å². The van der Waals surface area contributed by atoms with Gasteiger partial charge in [-0.2, -0.15) is 5.10 Å². The van der Waals surface area contributed by atoms with Crippen LogP contribution in [0.25, 0.3) is 0 Å². The third-order valence-electron chi connectivity index (χ3n) is 2.40. The lowest BCUT2D eigenvalue weighted by atomic mass is 9.94. The Hall–Kier alpha value is -1.92. The molecule has 0 saturated carbocycles. The van der Waals surface area contributed by atoms with Crippen LogP contribution in [0.3, 0.4) is 0 Å². The van der Waals surface area contributed by atoms with E-state index in [4.69, 9.17) is 5.11 Å². The molecular formula is C9H13N3O4.